The Labute approximate surface area is 722 Å². The van der Waals surface area contributed by atoms with Gasteiger partial charge in [0.25, 0.3) is 0 Å². The highest BCUT2D eigenvalue weighted by molar-refractivity contribution is 7.86. The topological polar surface area (TPSA) is 489 Å². The van der Waals surface area contributed by atoms with Gasteiger partial charge in [-0.2, -0.15) is 4.58 Å². The van der Waals surface area contributed by atoms with E-state index in [4.69, 9.17) is 36.1 Å². The summed E-state index contributed by atoms with van der Waals surface area (Å²) in [5, 5.41) is 32.1. The number of nitrogens with one attached hydrogen (secondary N) is 8. The minimum atomic E-state index is -4.71. The molecule has 3 aliphatic rings. The molecule has 0 aliphatic carbocycles. The van der Waals surface area contributed by atoms with Crippen molar-refractivity contribution in [3.8, 4) is 5.75 Å². The first-order valence-electron chi connectivity index (χ1n) is 42.5. The van der Waals surface area contributed by atoms with Crippen LogP contribution in [0.4, 0.5) is 11.4 Å². The lowest BCUT2D eigenvalue weighted by Gasteiger charge is -2.33. The normalized spacial score (nSPS) is 18.7. The van der Waals surface area contributed by atoms with Crippen LogP contribution in [0.3, 0.4) is 0 Å². The number of phenols is 1. The number of carbonyl (C=O) groups excluding carboxylic acids is 7. The van der Waals surface area contributed by atoms with E-state index in [1.165, 1.54) is 41.3 Å². The average molecular weight is 1750 g/mol. The molecule has 33 nitrogen and oxygen atoms in total. The molecule has 123 heavy (non-hydrogen) atoms. The maximum absolute atomic E-state index is 14.8. The number of quaternary nitrogens is 1. The van der Waals surface area contributed by atoms with Gasteiger partial charge in [0.15, 0.2) is 17.6 Å². The average Bonchev–Trinajstić information content (AvgIpc) is 1.59. The van der Waals surface area contributed by atoms with E-state index >= 15 is 0 Å². The number of hydrogen-bond donors (Lipinski definition) is 12. The van der Waals surface area contributed by atoms with Gasteiger partial charge in [-0.1, -0.05) is 86.4 Å². The van der Waals surface area contributed by atoms with Crippen molar-refractivity contribution in [3.05, 3.63) is 149 Å². The Kier molecular flexibility index (Phi) is 38.9. The fourth-order valence-corrected chi connectivity index (χ4v) is 16.3. The second-order valence-corrected chi connectivity index (χ2v) is 34.8. The molecule has 0 aromatic heterocycles. The number of nitrogens with zero attached hydrogens (tertiary/aromatic N) is 4. The Hall–Kier alpha value is -10.2. The number of carbonyl (C=O) groups is 7. The molecule has 35 heteroatoms. The van der Waals surface area contributed by atoms with Crippen molar-refractivity contribution in [2.75, 3.05) is 112 Å². The number of aliphatic imine (C=N–C) groups is 2. The number of unbranched alkanes of at least 4 members (excludes halogenated alkanes) is 8. The Balaban J connectivity index is 0.635. The molecule has 1 saturated heterocycles. The number of ether oxygens (including phenoxy) is 4. The largest absolute Gasteiger partial charge is 0.744 e. The van der Waals surface area contributed by atoms with Gasteiger partial charge >= 0.3 is 0 Å². The molecule has 0 saturated carbocycles. The van der Waals surface area contributed by atoms with Gasteiger partial charge in [-0.15, -0.1) is 0 Å². The zero-order valence-corrected chi connectivity index (χ0v) is 73.3. The summed E-state index contributed by atoms with van der Waals surface area (Å²) in [7, 11) is -7.36. The zero-order chi connectivity index (χ0) is 89.1. The molecule has 8 rings (SSSR count). The second kappa shape index (κ2) is 48.7. The first kappa shape index (κ1) is 98.2. The molecule has 0 radical (unpaired) electrons. The maximum Gasteiger partial charge on any atom is 0.246 e. The number of amides is 7. The molecule has 3 aliphatic heterocycles. The number of phenolic OH excluding ortho intramolecular Hbond substituents is 1. The molecule has 672 valence electrons. The van der Waals surface area contributed by atoms with E-state index in [9.17, 15) is 64.6 Å². The van der Waals surface area contributed by atoms with E-state index in [1.807, 2.05) is 89.4 Å². The Bertz CT molecular complexity index is 4800. The summed E-state index contributed by atoms with van der Waals surface area (Å²) in [4.78, 5) is 107. The van der Waals surface area contributed by atoms with Crippen LogP contribution in [0.1, 0.15) is 160 Å². The van der Waals surface area contributed by atoms with E-state index in [0.717, 1.165) is 101 Å². The van der Waals surface area contributed by atoms with E-state index in [1.54, 1.807) is 31.2 Å². The minimum absolute atomic E-state index is 0.00657. The number of likely N-dealkylation sites (N-methyl/N-ethyl adjacent to an activating group) is 1. The van der Waals surface area contributed by atoms with Crippen LogP contribution >= 0.6 is 0 Å². The molecule has 5 aromatic carbocycles. The van der Waals surface area contributed by atoms with Crippen LogP contribution in [-0.4, -0.2) is 236 Å². The number of rotatable bonds is 48. The predicted octanol–water partition coefficient (Wildman–Crippen LogP) is 4.31. The van der Waals surface area contributed by atoms with E-state index < -0.39 is 91.3 Å². The van der Waals surface area contributed by atoms with Crippen molar-refractivity contribution < 1.29 is 93.0 Å². The lowest BCUT2D eigenvalue weighted by atomic mass is 9.81. The predicted molar refractivity (Wildman–Crippen MR) is 466 cm³/mol. The van der Waals surface area contributed by atoms with Crippen LogP contribution in [0.25, 0.3) is 10.8 Å². The van der Waals surface area contributed by atoms with Crippen LogP contribution in [0, 0.1) is 0 Å². The number of hydrogen-bond acceptors (Lipinski definition) is 20. The number of allylic oxidation sites excluding steroid dienone is 4. The monoisotopic (exact) mass is 1740 g/mol. The Morgan fingerprint density at radius 1 is 0.602 bits per heavy atom. The molecular formula is C88H125N15O18S2. The minimum Gasteiger partial charge on any atom is -0.744 e. The summed E-state index contributed by atoms with van der Waals surface area (Å²) in [5.74, 6) is -3.19. The number of fused-ring (bicyclic) bond motifs is 3. The third-order valence-electron chi connectivity index (χ3n) is 22.1. The van der Waals surface area contributed by atoms with Crippen molar-refractivity contribution in [2.45, 2.75) is 195 Å². The van der Waals surface area contributed by atoms with Gasteiger partial charge in [-0.3, -0.25) is 48.4 Å². The maximum atomic E-state index is 14.8. The van der Waals surface area contributed by atoms with Gasteiger partial charge in [0.1, 0.15) is 68.1 Å². The smallest absolute Gasteiger partial charge is 0.246 e. The fraction of sp³-hybridized carbons (Fsp3) is 0.523. The van der Waals surface area contributed by atoms with Crippen molar-refractivity contribution in [1.29, 1.82) is 0 Å². The molecule has 1 unspecified atom stereocenters. The molecule has 3 heterocycles. The molecule has 0 spiro atoms. The summed E-state index contributed by atoms with van der Waals surface area (Å²) in [5.41, 5.74) is 22.6. The number of benzene rings is 5. The van der Waals surface area contributed by atoms with Crippen molar-refractivity contribution in [3.63, 3.8) is 0 Å². The van der Waals surface area contributed by atoms with Gasteiger partial charge in [-0.25, -0.2) is 16.8 Å². The fourth-order valence-electron chi connectivity index (χ4n) is 15.3. The Morgan fingerprint density at radius 2 is 1.19 bits per heavy atom. The lowest BCUT2D eigenvalue weighted by Crippen LogP contribution is -3.01. The molecule has 5 atom stereocenters. The number of guanidine groups is 2. The van der Waals surface area contributed by atoms with Gasteiger partial charge in [-0.05, 0) is 157 Å². The SMILES string of the molecule is C[C@@H]1C(=O)N[C@@H](CCCN=C(N)N)C(=O)N[C@@H](Cc2ccc3ccccc3c2)C(=O)NCC(=O)N[C@H](Cc2ccc(O)cc2)C(=O)N1CCCCCCNC(N)=NCCCCCCNC(=O)CCOCCOCCOCCOCCNC(=O)CCCCC[N+]1=C(/C=C/C/C=C2/[NH+](C)c3ccc(S(=O)(=O)[O-])cc3C2(C)C)C(C)(C)c2cc(S(=O)(=O)[O-])ccc21. The lowest BCUT2D eigenvalue weighted by molar-refractivity contribution is -0.764. The number of nitrogens with two attached hydrogens (primary N) is 3. The van der Waals surface area contributed by atoms with Crippen molar-refractivity contribution in [2.24, 2.45) is 27.2 Å². The van der Waals surface area contributed by atoms with Crippen molar-refractivity contribution >= 4 is 101 Å². The Morgan fingerprint density at radius 3 is 1.88 bits per heavy atom. The van der Waals surface area contributed by atoms with Crippen LogP contribution < -0.4 is 59.3 Å². The number of aromatic hydroxyl groups is 1. The molecular weight excluding hydrogens is 1620 g/mol. The highest BCUT2D eigenvalue weighted by Gasteiger charge is 2.46. The molecule has 0 bridgehead atoms. The van der Waals surface area contributed by atoms with Gasteiger partial charge in [0.05, 0.1) is 87.1 Å². The third kappa shape index (κ3) is 31.2. The van der Waals surface area contributed by atoms with E-state index in [2.05, 4.69) is 57.9 Å². The quantitative estimate of drug-likeness (QED) is 0.00848. The molecule has 5 aromatic rings. The zero-order valence-electron chi connectivity index (χ0n) is 71.6. The summed E-state index contributed by atoms with van der Waals surface area (Å²) in [6.07, 6.45) is 15.8. The van der Waals surface area contributed by atoms with Crippen LogP contribution in [0.5, 0.6) is 5.75 Å². The standard InChI is InChI=1S/C88H125N15O18S2/c1-61-81(108)99-71(25-22-43-94-85(89)90)83(110)100-72(57-63-29-32-64-23-13-14-24-65(64)55-63)82(109)97-60-80(107)98-73(56-62-30-33-66(104)34-31-62)84(111)102(61)45-20-10-9-19-42-96-86(91)95-41-18-8-7-17-40-92-79(106)39-47-118-49-51-120-53-54-121-52-50-119-48-44-93-78(105)28-12-11-21-46-103-75-38-36-68(123(115,116)117)59-70(75)88(4,5)77(103)27-16-15-26-76-87(2,3)69-58-67(122(112,113)114)35-37-74(69)101(76)6/h13-14,16,23-24,26-27,29-38,55,58-59,61,71-73H,7-12,15,17-22,25,28,39-54,56-57,60H2,1-6H3,(H15-,89,90,91,92,93,94,95,96,97,98,99,100,104,105,106,107,108,109,110,112,113,114,115,116,117)/b27-16+,76-26+/t61-,71+,72+,73-/m1/s1. The first-order valence-corrected chi connectivity index (χ1v) is 45.3. The summed E-state index contributed by atoms with van der Waals surface area (Å²) in [6.45, 7) is 14.5. The second-order valence-electron chi connectivity index (χ2n) is 32.1. The van der Waals surface area contributed by atoms with Gasteiger partial charge in [0.2, 0.25) is 47.0 Å². The van der Waals surface area contributed by atoms with Gasteiger partial charge < -0.3 is 92.5 Å². The summed E-state index contributed by atoms with van der Waals surface area (Å²) in [6, 6.07) is 23.9. The van der Waals surface area contributed by atoms with Crippen LogP contribution in [-0.2, 0) is 96.4 Å². The van der Waals surface area contributed by atoms with E-state index in [0.29, 0.717) is 128 Å². The molecule has 7 amide bonds. The first-order chi connectivity index (χ1) is 58.7. The molecule has 1 fully saturated rings. The van der Waals surface area contributed by atoms with Crippen LogP contribution in [0.2, 0.25) is 0 Å². The highest BCUT2D eigenvalue weighted by Crippen LogP contribution is 2.43. The summed E-state index contributed by atoms with van der Waals surface area (Å²) >= 11 is 0. The van der Waals surface area contributed by atoms with Gasteiger partial charge in [0, 0.05) is 101 Å². The third-order valence-corrected chi connectivity index (χ3v) is 23.8. The van der Waals surface area contributed by atoms with Crippen molar-refractivity contribution in [1.82, 2.24) is 42.1 Å². The highest BCUT2D eigenvalue weighted by atomic mass is 32.2. The summed E-state index contributed by atoms with van der Waals surface area (Å²) < 4.78 is 96.4. The van der Waals surface area contributed by atoms with E-state index in [-0.39, 0.29) is 85.1 Å². The van der Waals surface area contributed by atoms with Crippen LogP contribution in [0.15, 0.2) is 147 Å². The molecule has 15 N–H and O–H groups in total.